The van der Waals surface area contributed by atoms with Crippen LogP contribution in [0.2, 0.25) is 0 Å². The summed E-state index contributed by atoms with van der Waals surface area (Å²) in [5, 5.41) is 21.5. The molecule has 4 heterocycles. The third-order valence-corrected chi connectivity index (χ3v) is 8.13. The predicted molar refractivity (Wildman–Crippen MR) is 199 cm³/mol. The SMILES string of the molecule is C=C(Br)C(=O)Nc1ccc2oc(C(=O)Nc3c[nH]c(C(=O)Nc4c[nH]c(C(=O)Nc5c[nH]c(C(=O)NCCC(=N)N)c5C)c4C)c3C)cc2c1.Cl. The summed E-state index contributed by atoms with van der Waals surface area (Å²) < 4.78 is 5.86. The summed E-state index contributed by atoms with van der Waals surface area (Å²) in [6.45, 7) is 8.73. The third kappa shape index (κ3) is 8.39. The van der Waals surface area contributed by atoms with Gasteiger partial charge in [-0.15, -0.1) is 12.4 Å². The van der Waals surface area contributed by atoms with Crippen molar-refractivity contribution in [2.45, 2.75) is 27.2 Å². The van der Waals surface area contributed by atoms with E-state index in [4.69, 9.17) is 15.6 Å². The molecule has 0 atom stereocenters. The molecule has 0 saturated carbocycles. The highest BCUT2D eigenvalue weighted by Crippen LogP contribution is 2.27. The van der Waals surface area contributed by atoms with Gasteiger partial charge in [-0.2, -0.15) is 0 Å². The normalized spacial score (nSPS) is 10.6. The van der Waals surface area contributed by atoms with Gasteiger partial charge in [0.15, 0.2) is 5.76 Å². The molecule has 5 amide bonds. The maximum Gasteiger partial charge on any atom is 0.291 e. The lowest BCUT2D eigenvalue weighted by Crippen LogP contribution is -2.28. The van der Waals surface area contributed by atoms with Gasteiger partial charge in [0.05, 0.1) is 27.4 Å². The molecular formula is C33H34BrClN10O6. The molecule has 51 heavy (non-hydrogen) atoms. The number of hydrogen-bond acceptors (Lipinski definition) is 7. The first-order chi connectivity index (χ1) is 23.7. The minimum atomic E-state index is -0.551. The number of carbonyl (C=O) groups is 5. The number of aromatic amines is 3. The largest absolute Gasteiger partial charge is 0.451 e. The number of benzene rings is 1. The molecule has 0 aliphatic rings. The molecule has 1 aromatic carbocycles. The number of amidine groups is 1. The molecule has 0 spiro atoms. The molecule has 0 saturated heterocycles. The second kappa shape index (κ2) is 15.6. The average Bonchev–Trinajstić information content (AvgIpc) is 3.83. The molecule has 266 valence electrons. The highest BCUT2D eigenvalue weighted by molar-refractivity contribution is 9.12. The molecule has 5 aromatic rings. The Labute approximate surface area is 304 Å². The molecule has 0 aliphatic heterocycles. The molecule has 4 aromatic heterocycles. The van der Waals surface area contributed by atoms with Crippen LogP contribution in [0.1, 0.15) is 65.1 Å². The number of fused-ring (bicyclic) bond motifs is 1. The van der Waals surface area contributed by atoms with Gasteiger partial charge in [-0.05, 0) is 61.0 Å². The summed E-state index contributed by atoms with van der Waals surface area (Å²) in [6, 6.07) is 6.45. The van der Waals surface area contributed by atoms with Crippen molar-refractivity contribution < 1.29 is 28.4 Å². The molecular weight excluding hydrogens is 748 g/mol. The van der Waals surface area contributed by atoms with Crippen LogP contribution in [0.4, 0.5) is 22.7 Å². The first kappa shape index (κ1) is 37.7. The quantitative estimate of drug-likeness (QED) is 0.0446. The van der Waals surface area contributed by atoms with Crippen LogP contribution in [-0.4, -0.2) is 56.9 Å². The van der Waals surface area contributed by atoms with Crippen LogP contribution in [0.3, 0.4) is 0 Å². The summed E-state index contributed by atoms with van der Waals surface area (Å²) in [7, 11) is 0. The number of rotatable bonds is 12. The minimum Gasteiger partial charge on any atom is -0.451 e. The zero-order valence-corrected chi connectivity index (χ0v) is 29.9. The van der Waals surface area contributed by atoms with Crippen molar-refractivity contribution in [2.24, 2.45) is 5.73 Å². The van der Waals surface area contributed by atoms with Crippen molar-refractivity contribution in [3.05, 3.63) is 93.4 Å². The number of hydrogen-bond donors (Lipinski definition) is 10. The van der Waals surface area contributed by atoms with Gasteiger partial charge in [0.2, 0.25) is 0 Å². The highest BCUT2D eigenvalue weighted by atomic mass is 79.9. The standard InChI is InChI=1S/C33H33BrN10O6.ClH/c1-14-21(12-38-26(14)31(47)37-8-7-25(35)36)43-33(49)28-16(3)22(13-40-28)44-32(48)27-15(2)20(11-39-27)42-30(46)24-10-18-9-19(5-6-23(18)50-24)41-29(45)17(4)34;/h5-6,9-13,38-40H,4,7-8H2,1-3H3,(H3,35,36)(H,37,47)(H,41,45)(H,42,46)(H,43,49)(H,44,48);1H. The Hall–Kier alpha value is -6.07. The van der Waals surface area contributed by atoms with Gasteiger partial charge in [0.1, 0.15) is 22.7 Å². The summed E-state index contributed by atoms with van der Waals surface area (Å²) >= 11 is 3.03. The van der Waals surface area contributed by atoms with Gasteiger partial charge in [-0.1, -0.05) is 6.58 Å². The number of H-pyrrole nitrogens is 3. The van der Waals surface area contributed by atoms with Crippen LogP contribution in [-0.2, 0) is 4.79 Å². The topological polar surface area (TPSA) is 256 Å². The summed E-state index contributed by atoms with van der Waals surface area (Å²) in [4.78, 5) is 72.4. The van der Waals surface area contributed by atoms with Crippen LogP contribution >= 0.6 is 28.3 Å². The number of aromatic nitrogens is 3. The molecule has 0 aliphatic carbocycles. The van der Waals surface area contributed by atoms with Crippen molar-refractivity contribution in [1.82, 2.24) is 20.3 Å². The fraction of sp³-hybridized carbons (Fsp3) is 0.152. The van der Waals surface area contributed by atoms with E-state index in [-0.39, 0.29) is 58.5 Å². The first-order valence-electron chi connectivity index (χ1n) is 15.0. The zero-order chi connectivity index (χ0) is 36.3. The lowest BCUT2D eigenvalue weighted by atomic mass is 10.2. The molecule has 0 radical (unpaired) electrons. The second-order valence-electron chi connectivity index (χ2n) is 11.2. The highest BCUT2D eigenvalue weighted by Gasteiger charge is 2.22. The molecule has 5 rings (SSSR count). The summed E-state index contributed by atoms with van der Waals surface area (Å²) in [5.41, 5.74) is 9.42. The van der Waals surface area contributed by atoms with E-state index in [0.717, 1.165) is 0 Å². The Morgan fingerprint density at radius 3 is 1.76 bits per heavy atom. The fourth-order valence-corrected chi connectivity index (χ4v) is 5.07. The maximum absolute atomic E-state index is 13.2. The molecule has 18 heteroatoms. The fourth-order valence-electron chi connectivity index (χ4n) is 4.97. The van der Waals surface area contributed by atoms with E-state index >= 15 is 0 Å². The van der Waals surface area contributed by atoms with E-state index < -0.39 is 29.5 Å². The van der Waals surface area contributed by atoms with Gasteiger partial charge < -0.3 is 51.7 Å². The number of nitrogens with one attached hydrogen (secondary N) is 9. The van der Waals surface area contributed by atoms with Crippen molar-refractivity contribution in [2.75, 3.05) is 27.8 Å². The Kier molecular flexibility index (Phi) is 11.6. The zero-order valence-electron chi connectivity index (χ0n) is 27.5. The number of nitrogens with two attached hydrogens (primary N) is 1. The van der Waals surface area contributed by atoms with Crippen molar-refractivity contribution in [3.8, 4) is 0 Å². The van der Waals surface area contributed by atoms with Crippen LogP contribution in [0, 0.1) is 26.2 Å². The van der Waals surface area contributed by atoms with Gasteiger partial charge in [-0.25, -0.2) is 0 Å². The lowest BCUT2D eigenvalue weighted by molar-refractivity contribution is -0.112. The summed E-state index contributed by atoms with van der Waals surface area (Å²) in [5.74, 6) is -2.39. The van der Waals surface area contributed by atoms with Crippen LogP contribution in [0.5, 0.6) is 0 Å². The number of carbonyl (C=O) groups excluding carboxylic acids is 5. The predicted octanol–water partition coefficient (Wildman–Crippen LogP) is 5.42. The maximum atomic E-state index is 13.2. The van der Waals surface area contributed by atoms with E-state index in [1.54, 1.807) is 39.0 Å². The number of furan rings is 1. The van der Waals surface area contributed by atoms with Crippen LogP contribution in [0.25, 0.3) is 11.0 Å². The van der Waals surface area contributed by atoms with E-state index in [9.17, 15) is 24.0 Å². The van der Waals surface area contributed by atoms with E-state index in [0.29, 0.717) is 50.4 Å². The van der Waals surface area contributed by atoms with Crippen molar-refractivity contribution in [1.29, 1.82) is 5.41 Å². The first-order valence-corrected chi connectivity index (χ1v) is 15.8. The van der Waals surface area contributed by atoms with Crippen LogP contribution in [0.15, 0.2) is 58.3 Å². The Bertz CT molecular complexity index is 2210. The van der Waals surface area contributed by atoms with Crippen LogP contribution < -0.4 is 32.3 Å². The summed E-state index contributed by atoms with van der Waals surface area (Å²) in [6.07, 6.45) is 4.67. The van der Waals surface area contributed by atoms with Gasteiger partial charge in [-0.3, -0.25) is 29.4 Å². The van der Waals surface area contributed by atoms with E-state index in [1.165, 1.54) is 24.7 Å². The molecule has 16 nitrogen and oxygen atoms in total. The van der Waals surface area contributed by atoms with Gasteiger partial charge in [0, 0.05) is 59.3 Å². The second-order valence-corrected chi connectivity index (χ2v) is 12.2. The number of anilines is 4. The molecule has 0 fully saturated rings. The average molecular weight is 782 g/mol. The monoisotopic (exact) mass is 780 g/mol. The third-order valence-electron chi connectivity index (χ3n) is 7.77. The lowest BCUT2D eigenvalue weighted by Gasteiger charge is -2.07. The molecule has 11 N–H and O–H groups in total. The number of amides is 5. The Morgan fingerprint density at radius 1 is 0.784 bits per heavy atom. The molecule has 0 bridgehead atoms. The van der Waals surface area contributed by atoms with E-state index in [2.05, 4.69) is 64.0 Å². The van der Waals surface area contributed by atoms with Crippen molar-refractivity contribution in [3.63, 3.8) is 0 Å². The Balaban J connectivity index is 0.00000583. The Morgan fingerprint density at radius 2 is 1.27 bits per heavy atom. The minimum absolute atomic E-state index is 0. The molecule has 0 unspecified atom stereocenters. The number of halogens is 2. The van der Waals surface area contributed by atoms with E-state index in [1.807, 2.05) is 0 Å². The van der Waals surface area contributed by atoms with Gasteiger partial charge in [0.25, 0.3) is 29.5 Å². The van der Waals surface area contributed by atoms with Gasteiger partial charge >= 0.3 is 0 Å². The van der Waals surface area contributed by atoms with Crippen molar-refractivity contribution >= 4 is 97.4 Å². The smallest absolute Gasteiger partial charge is 0.291 e.